The highest BCUT2D eigenvalue weighted by Crippen LogP contribution is 2.28. The SMILES string of the molecule is CC(=O)NCc1ccc(Cc2cc3cc(-c4ccccc4O)nnc3[nH]2)cc1. The number of aromatic nitrogens is 3. The van der Waals surface area contributed by atoms with Crippen LogP contribution in [-0.2, 0) is 17.8 Å². The number of amides is 1. The molecule has 0 bridgehead atoms. The maximum Gasteiger partial charge on any atom is 0.217 e. The Hall–Kier alpha value is -3.67. The monoisotopic (exact) mass is 372 g/mol. The Balaban J connectivity index is 1.53. The second kappa shape index (κ2) is 7.52. The molecule has 3 N–H and O–H groups in total. The van der Waals surface area contributed by atoms with E-state index in [4.69, 9.17) is 0 Å². The van der Waals surface area contributed by atoms with Crippen molar-refractivity contribution in [3.63, 3.8) is 0 Å². The summed E-state index contributed by atoms with van der Waals surface area (Å²) >= 11 is 0. The Morgan fingerprint density at radius 3 is 2.54 bits per heavy atom. The molecule has 0 saturated heterocycles. The number of aromatic hydroxyl groups is 1. The predicted octanol–water partition coefficient (Wildman–Crippen LogP) is 3.56. The van der Waals surface area contributed by atoms with Crippen molar-refractivity contribution in [2.45, 2.75) is 19.9 Å². The number of nitrogens with zero attached hydrogens (tertiary/aromatic N) is 2. The van der Waals surface area contributed by atoms with Crippen LogP contribution in [0, 0.1) is 0 Å². The van der Waals surface area contributed by atoms with E-state index in [1.54, 1.807) is 12.1 Å². The second-order valence-corrected chi connectivity index (χ2v) is 6.75. The van der Waals surface area contributed by atoms with Crippen LogP contribution in [0.25, 0.3) is 22.3 Å². The molecule has 2 heterocycles. The van der Waals surface area contributed by atoms with Gasteiger partial charge in [0.1, 0.15) is 5.75 Å². The number of benzene rings is 2. The molecule has 0 fully saturated rings. The maximum atomic E-state index is 11.0. The van der Waals surface area contributed by atoms with Crippen LogP contribution in [0.4, 0.5) is 0 Å². The minimum atomic E-state index is -0.0357. The van der Waals surface area contributed by atoms with Gasteiger partial charge in [0.2, 0.25) is 5.91 Å². The average molecular weight is 372 g/mol. The Morgan fingerprint density at radius 2 is 1.79 bits per heavy atom. The lowest BCUT2D eigenvalue weighted by atomic mass is 10.1. The van der Waals surface area contributed by atoms with Crippen molar-refractivity contribution in [1.82, 2.24) is 20.5 Å². The standard InChI is InChI=1S/C22H20N4O2/c1-14(27)23-13-16-8-6-15(7-9-16)10-18-11-17-12-20(25-26-22(17)24-18)19-4-2-3-5-21(19)28/h2-9,11-12,28H,10,13H2,1H3,(H,23,27)(H,24,26). The molecule has 0 spiro atoms. The lowest BCUT2D eigenvalue weighted by Crippen LogP contribution is -2.18. The fourth-order valence-electron chi connectivity index (χ4n) is 3.13. The van der Waals surface area contributed by atoms with Crippen LogP contribution in [0.3, 0.4) is 0 Å². The molecular formula is C22H20N4O2. The number of rotatable bonds is 5. The smallest absolute Gasteiger partial charge is 0.217 e. The van der Waals surface area contributed by atoms with Gasteiger partial charge in [-0.15, -0.1) is 10.2 Å². The molecule has 28 heavy (non-hydrogen) atoms. The highest BCUT2D eigenvalue weighted by molar-refractivity contribution is 5.81. The molecule has 4 aromatic rings. The van der Waals surface area contributed by atoms with Gasteiger partial charge in [-0.2, -0.15) is 0 Å². The fraction of sp³-hybridized carbons (Fsp3) is 0.136. The number of H-pyrrole nitrogens is 1. The first-order valence-corrected chi connectivity index (χ1v) is 9.04. The molecule has 140 valence electrons. The van der Waals surface area contributed by atoms with Crippen LogP contribution in [0.15, 0.2) is 60.7 Å². The van der Waals surface area contributed by atoms with Gasteiger partial charge < -0.3 is 15.4 Å². The molecule has 4 rings (SSSR count). The quantitative estimate of drug-likeness (QED) is 0.500. The Bertz CT molecular complexity index is 1130. The highest BCUT2D eigenvalue weighted by Gasteiger charge is 2.09. The number of aromatic amines is 1. The molecule has 6 heteroatoms. The van der Waals surface area contributed by atoms with Gasteiger partial charge in [-0.1, -0.05) is 36.4 Å². The lowest BCUT2D eigenvalue weighted by Gasteiger charge is -2.04. The van der Waals surface area contributed by atoms with Crippen LogP contribution in [0.2, 0.25) is 0 Å². The van der Waals surface area contributed by atoms with Gasteiger partial charge in [-0.25, -0.2) is 0 Å². The number of hydrogen-bond acceptors (Lipinski definition) is 4. The molecule has 0 atom stereocenters. The minimum Gasteiger partial charge on any atom is -0.507 e. The molecule has 0 aliphatic heterocycles. The number of phenolic OH excluding ortho intramolecular Hbond substituents is 1. The molecule has 2 aromatic heterocycles. The summed E-state index contributed by atoms with van der Waals surface area (Å²) in [4.78, 5) is 14.3. The molecule has 0 aliphatic rings. The predicted molar refractivity (Wildman–Crippen MR) is 108 cm³/mol. The number of carbonyl (C=O) groups excluding carboxylic acids is 1. The van der Waals surface area contributed by atoms with Gasteiger partial charge in [0.05, 0.1) is 5.69 Å². The zero-order valence-corrected chi connectivity index (χ0v) is 15.4. The summed E-state index contributed by atoms with van der Waals surface area (Å²) in [6, 6.07) is 19.2. The normalized spacial score (nSPS) is 10.9. The molecule has 0 radical (unpaired) electrons. The molecule has 2 aromatic carbocycles. The summed E-state index contributed by atoms with van der Waals surface area (Å²) in [5, 5.41) is 22.3. The second-order valence-electron chi connectivity index (χ2n) is 6.75. The van der Waals surface area contributed by atoms with Crippen molar-refractivity contribution in [3.05, 3.63) is 77.5 Å². The van der Waals surface area contributed by atoms with Crippen LogP contribution < -0.4 is 5.32 Å². The number of nitrogens with one attached hydrogen (secondary N) is 2. The van der Waals surface area contributed by atoms with Gasteiger partial charge in [-0.3, -0.25) is 4.79 Å². The van der Waals surface area contributed by atoms with E-state index < -0.39 is 0 Å². The van der Waals surface area contributed by atoms with E-state index in [1.807, 2.05) is 30.3 Å². The maximum absolute atomic E-state index is 11.0. The number of phenols is 1. The van der Waals surface area contributed by atoms with Crippen LogP contribution in [0.1, 0.15) is 23.7 Å². The molecule has 1 amide bonds. The third-order valence-corrected chi connectivity index (χ3v) is 4.57. The largest absolute Gasteiger partial charge is 0.507 e. The minimum absolute atomic E-state index is 0.0357. The summed E-state index contributed by atoms with van der Waals surface area (Å²) in [5.74, 6) is 0.151. The van der Waals surface area contributed by atoms with Crippen molar-refractivity contribution in [2.75, 3.05) is 0 Å². The average Bonchev–Trinajstić information content (AvgIpc) is 3.09. The van der Waals surface area contributed by atoms with Gasteiger partial charge >= 0.3 is 0 Å². The van der Waals surface area contributed by atoms with E-state index in [0.29, 0.717) is 17.8 Å². The molecule has 0 saturated carbocycles. The van der Waals surface area contributed by atoms with E-state index in [9.17, 15) is 9.90 Å². The third kappa shape index (κ3) is 3.86. The topological polar surface area (TPSA) is 90.9 Å². The first kappa shape index (κ1) is 17.7. The van der Waals surface area contributed by atoms with Crippen molar-refractivity contribution in [1.29, 1.82) is 0 Å². The number of carbonyl (C=O) groups is 1. The summed E-state index contributed by atoms with van der Waals surface area (Å²) in [7, 11) is 0. The number of fused-ring (bicyclic) bond motifs is 1. The van der Waals surface area contributed by atoms with Gasteiger partial charge in [0, 0.05) is 36.5 Å². The summed E-state index contributed by atoms with van der Waals surface area (Å²) < 4.78 is 0. The zero-order valence-electron chi connectivity index (χ0n) is 15.4. The van der Waals surface area contributed by atoms with Gasteiger partial charge in [0.25, 0.3) is 0 Å². The first-order valence-electron chi connectivity index (χ1n) is 9.04. The van der Waals surface area contributed by atoms with Crippen LogP contribution in [0.5, 0.6) is 5.75 Å². The number of hydrogen-bond donors (Lipinski definition) is 3. The molecule has 6 nitrogen and oxygen atoms in total. The third-order valence-electron chi connectivity index (χ3n) is 4.57. The Morgan fingerprint density at radius 1 is 1.04 bits per heavy atom. The van der Waals surface area contributed by atoms with Crippen molar-refractivity contribution < 1.29 is 9.90 Å². The van der Waals surface area contributed by atoms with E-state index in [2.05, 4.69) is 38.7 Å². The molecular weight excluding hydrogens is 352 g/mol. The number of para-hydroxylation sites is 1. The summed E-state index contributed by atoms with van der Waals surface area (Å²) in [6.45, 7) is 2.05. The van der Waals surface area contributed by atoms with Crippen molar-refractivity contribution in [3.8, 4) is 17.0 Å². The van der Waals surface area contributed by atoms with E-state index in [1.165, 1.54) is 6.92 Å². The van der Waals surface area contributed by atoms with Crippen LogP contribution >= 0.6 is 0 Å². The van der Waals surface area contributed by atoms with Crippen LogP contribution in [-0.4, -0.2) is 26.2 Å². The van der Waals surface area contributed by atoms with E-state index in [-0.39, 0.29) is 11.7 Å². The highest BCUT2D eigenvalue weighted by atomic mass is 16.3. The summed E-state index contributed by atoms with van der Waals surface area (Å²) in [5.41, 5.74) is 5.28. The van der Waals surface area contributed by atoms with Crippen molar-refractivity contribution >= 4 is 16.9 Å². The first-order chi connectivity index (χ1) is 13.6. The Labute approximate surface area is 162 Å². The lowest BCUT2D eigenvalue weighted by molar-refractivity contribution is -0.119. The van der Waals surface area contributed by atoms with E-state index in [0.717, 1.165) is 34.3 Å². The van der Waals surface area contributed by atoms with Crippen molar-refractivity contribution in [2.24, 2.45) is 0 Å². The molecule has 0 unspecified atom stereocenters. The fourth-order valence-corrected chi connectivity index (χ4v) is 3.13. The summed E-state index contributed by atoms with van der Waals surface area (Å²) in [6.07, 6.45) is 0.739. The van der Waals surface area contributed by atoms with Gasteiger partial charge in [-0.05, 0) is 35.4 Å². The Kier molecular flexibility index (Phi) is 4.76. The van der Waals surface area contributed by atoms with Gasteiger partial charge in [0.15, 0.2) is 5.65 Å². The van der Waals surface area contributed by atoms with E-state index >= 15 is 0 Å². The zero-order chi connectivity index (χ0) is 19.5. The molecule has 0 aliphatic carbocycles.